The summed E-state index contributed by atoms with van der Waals surface area (Å²) < 4.78 is 13.6. The van der Waals surface area contributed by atoms with Crippen molar-refractivity contribution < 1.29 is 4.39 Å². The van der Waals surface area contributed by atoms with Crippen LogP contribution in [0, 0.1) is 11.7 Å². The van der Waals surface area contributed by atoms with Gasteiger partial charge >= 0.3 is 0 Å². The van der Waals surface area contributed by atoms with Gasteiger partial charge < -0.3 is 5.32 Å². The molecule has 1 aromatic carbocycles. The van der Waals surface area contributed by atoms with Gasteiger partial charge in [-0.15, -0.1) is 0 Å². The maximum Gasteiger partial charge on any atom is 0.127 e. The number of benzene rings is 1. The average Bonchev–Trinajstić information content (AvgIpc) is 2.23. The van der Waals surface area contributed by atoms with Gasteiger partial charge in [0.25, 0.3) is 0 Å². The minimum Gasteiger partial charge on any atom is -0.314 e. The molecule has 0 saturated heterocycles. The SMILES string of the molecule is CCNC(C)C(C)Cc1c(F)cccc1Cl. The van der Waals surface area contributed by atoms with Gasteiger partial charge in [-0.2, -0.15) is 0 Å². The van der Waals surface area contributed by atoms with E-state index in [0.29, 0.717) is 29.0 Å². The number of hydrogen-bond acceptors (Lipinski definition) is 1. The van der Waals surface area contributed by atoms with Crippen molar-refractivity contribution in [1.82, 2.24) is 5.32 Å². The van der Waals surface area contributed by atoms with Crippen LogP contribution in [0.1, 0.15) is 26.3 Å². The van der Waals surface area contributed by atoms with Gasteiger partial charge in [-0.1, -0.05) is 31.5 Å². The summed E-state index contributed by atoms with van der Waals surface area (Å²) in [5, 5.41) is 3.86. The summed E-state index contributed by atoms with van der Waals surface area (Å²) in [6.07, 6.45) is 0.666. The van der Waals surface area contributed by atoms with Crippen LogP contribution in [-0.4, -0.2) is 12.6 Å². The molecular weight excluding hydrogens is 225 g/mol. The zero-order chi connectivity index (χ0) is 12.1. The fraction of sp³-hybridized carbons (Fsp3) is 0.538. The van der Waals surface area contributed by atoms with Crippen LogP contribution in [0.2, 0.25) is 5.02 Å². The number of halogens is 2. The molecule has 0 saturated carbocycles. The van der Waals surface area contributed by atoms with E-state index in [-0.39, 0.29) is 5.82 Å². The summed E-state index contributed by atoms with van der Waals surface area (Å²) >= 11 is 5.99. The largest absolute Gasteiger partial charge is 0.314 e. The molecule has 1 N–H and O–H groups in total. The molecule has 1 rings (SSSR count). The molecule has 0 aromatic heterocycles. The number of nitrogens with one attached hydrogen (secondary N) is 1. The van der Waals surface area contributed by atoms with Crippen LogP contribution >= 0.6 is 11.6 Å². The Balaban J connectivity index is 2.72. The van der Waals surface area contributed by atoms with Crippen molar-refractivity contribution >= 4 is 11.6 Å². The van der Waals surface area contributed by atoms with Crippen LogP contribution in [0.15, 0.2) is 18.2 Å². The van der Waals surface area contributed by atoms with Crippen molar-refractivity contribution in [2.24, 2.45) is 5.92 Å². The van der Waals surface area contributed by atoms with E-state index < -0.39 is 0 Å². The molecule has 0 spiro atoms. The fourth-order valence-corrected chi connectivity index (χ4v) is 1.99. The first kappa shape index (κ1) is 13.5. The van der Waals surface area contributed by atoms with Crippen molar-refractivity contribution in [3.8, 4) is 0 Å². The maximum absolute atomic E-state index is 13.6. The first-order valence-corrected chi connectivity index (χ1v) is 6.10. The standard InChI is InChI=1S/C13H19ClFN/c1-4-16-10(3)9(2)8-11-12(14)6-5-7-13(11)15/h5-7,9-10,16H,4,8H2,1-3H3. The predicted octanol–water partition coefficient (Wildman–Crippen LogP) is 3.66. The Morgan fingerprint density at radius 2 is 2.06 bits per heavy atom. The first-order valence-electron chi connectivity index (χ1n) is 5.72. The van der Waals surface area contributed by atoms with Gasteiger partial charge in [0.1, 0.15) is 5.82 Å². The Labute approximate surface area is 102 Å². The Hall–Kier alpha value is -0.600. The van der Waals surface area contributed by atoms with E-state index in [2.05, 4.69) is 26.1 Å². The quantitative estimate of drug-likeness (QED) is 0.832. The van der Waals surface area contributed by atoms with Crippen LogP contribution < -0.4 is 5.32 Å². The van der Waals surface area contributed by atoms with E-state index in [9.17, 15) is 4.39 Å². The third-order valence-corrected chi connectivity index (χ3v) is 3.32. The molecule has 0 aliphatic rings. The molecule has 0 fully saturated rings. The maximum atomic E-state index is 13.6. The lowest BCUT2D eigenvalue weighted by Crippen LogP contribution is -2.33. The predicted molar refractivity (Wildman–Crippen MR) is 67.4 cm³/mol. The van der Waals surface area contributed by atoms with Gasteiger partial charge in [0.2, 0.25) is 0 Å². The van der Waals surface area contributed by atoms with Crippen molar-refractivity contribution in [2.45, 2.75) is 33.2 Å². The highest BCUT2D eigenvalue weighted by Gasteiger charge is 2.15. The van der Waals surface area contributed by atoms with Gasteiger partial charge in [0.15, 0.2) is 0 Å². The first-order chi connectivity index (χ1) is 7.56. The van der Waals surface area contributed by atoms with Crippen LogP contribution in [0.5, 0.6) is 0 Å². The lowest BCUT2D eigenvalue weighted by Gasteiger charge is -2.21. The monoisotopic (exact) mass is 243 g/mol. The van der Waals surface area contributed by atoms with E-state index in [0.717, 1.165) is 6.54 Å². The van der Waals surface area contributed by atoms with Gasteiger partial charge in [0.05, 0.1) is 0 Å². The van der Waals surface area contributed by atoms with Gasteiger partial charge in [-0.25, -0.2) is 4.39 Å². The zero-order valence-electron chi connectivity index (χ0n) is 10.1. The molecular formula is C13H19ClFN. The fourth-order valence-electron chi connectivity index (χ4n) is 1.75. The topological polar surface area (TPSA) is 12.0 Å². The smallest absolute Gasteiger partial charge is 0.127 e. The summed E-state index contributed by atoms with van der Waals surface area (Å²) in [6, 6.07) is 5.20. The van der Waals surface area contributed by atoms with E-state index in [1.54, 1.807) is 12.1 Å². The van der Waals surface area contributed by atoms with Crippen LogP contribution in [-0.2, 0) is 6.42 Å². The molecule has 0 heterocycles. The van der Waals surface area contributed by atoms with Crippen LogP contribution in [0.3, 0.4) is 0 Å². The summed E-state index contributed by atoms with van der Waals surface area (Å²) in [4.78, 5) is 0. The highest BCUT2D eigenvalue weighted by molar-refractivity contribution is 6.31. The van der Waals surface area contributed by atoms with Crippen molar-refractivity contribution in [2.75, 3.05) is 6.54 Å². The highest BCUT2D eigenvalue weighted by atomic mass is 35.5. The van der Waals surface area contributed by atoms with E-state index in [4.69, 9.17) is 11.6 Å². The molecule has 2 atom stereocenters. The second-order valence-electron chi connectivity index (χ2n) is 4.23. The Morgan fingerprint density at radius 3 is 2.62 bits per heavy atom. The van der Waals surface area contributed by atoms with E-state index in [1.165, 1.54) is 6.07 Å². The van der Waals surface area contributed by atoms with E-state index >= 15 is 0 Å². The minimum atomic E-state index is -0.206. The van der Waals surface area contributed by atoms with Crippen molar-refractivity contribution in [3.63, 3.8) is 0 Å². The molecule has 2 unspecified atom stereocenters. The van der Waals surface area contributed by atoms with Crippen LogP contribution in [0.4, 0.5) is 4.39 Å². The Bertz CT molecular complexity index is 320. The minimum absolute atomic E-state index is 0.206. The van der Waals surface area contributed by atoms with Crippen LogP contribution in [0.25, 0.3) is 0 Å². The normalized spacial score (nSPS) is 14.8. The Kier molecular flexibility index (Phi) is 5.23. The summed E-state index contributed by atoms with van der Waals surface area (Å²) in [5.41, 5.74) is 0.626. The third kappa shape index (κ3) is 3.46. The summed E-state index contributed by atoms with van der Waals surface area (Å²) in [6.45, 7) is 7.22. The molecule has 0 amide bonds. The average molecular weight is 244 g/mol. The summed E-state index contributed by atoms with van der Waals surface area (Å²) in [5.74, 6) is 0.150. The van der Waals surface area contributed by atoms with Crippen molar-refractivity contribution in [1.29, 1.82) is 0 Å². The molecule has 1 nitrogen and oxygen atoms in total. The van der Waals surface area contributed by atoms with Gasteiger partial charge in [-0.3, -0.25) is 0 Å². The van der Waals surface area contributed by atoms with Crippen molar-refractivity contribution in [3.05, 3.63) is 34.6 Å². The second kappa shape index (κ2) is 6.21. The molecule has 90 valence electrons. The highest BCUT2D eigenvalue weighted by Crippen LogP contribution is 2.23. The molecule has 0 aliphatic carbocycles. The lowest BCUT2D eigenvalue weighted by atomic mass is 9.94. The zero-order valence-corrected chi connectivity index (χ0v) is 10.8. The second-order valence-corrected chi connectivity index (χ2v) is 4.64. The third-order valence-electron chi connectivity index (χ3n) is 2.97. The summed E-state index contributed by atoms with van der Waals surface area (Å²) in [7, 11) is 0. The molecule has 1 aromatic rings. The molecule has 0 aliphatic heterocycles. The molecule has 3 heteroatoms. The van der Waals surface area contributed by atoms with Gasteiger partial charge in [-0.05, 0) is 37.9 Å². The number of rotatable bonds is 5. The molecule has 0 radical (unpaired) electrons. The van der Waals surface area contributed by atoms with E-state index in [1.807, 2.05) is 0 Å². The molecule has 0 bridgehead atoms. The van der Waals surface area contributed by atoms with Gasteiger partial charge in [0, 0.05) is 16.6 Å². The molecule has 16 heavy (non-hydrogen) atoms. The lowest BCUT2D eigenvalue weighted by molar-refractivity contribution is 0.401. The number of hydrogen-bond donors (Lipinski definition) is 1. The Morgan fingerprint density at radius 1 is 1.38 bits per heavy atom.